The maximum absolute atomic E-state index is 12.7. The Hall–Kier alpha value is -2.77. The lowest BCUT2D eigenvalue weighted by molar-refractivity contribution is 0.151. The molecule has 0 unspecified atom stereocenters. The second-order valence-electron chi connectivity index (χ2n) is 5.79. The highest BCUT2D eigenvalue weighted by Crippen LogP contribution is 2.22. The van der Waals surface area contributed by atoms with Gasteiger partial charge < -0.3 is 15.1 Å². The van der Waals surface area contributed by atoms with Gasteiger partial charge in [-0.3, -0.25) is 0 Å². The van der Waals surface area contributed by atoms with E-state index in [1.54, 1.807) is 17.2 Å². The zero-order valence-electron chi connectivity index (χ0n) is 13.8. The van der Waals surface area contributed by atoms with Crippen LogP contribution in [0.2, 0.25) is 0 Å². The molecule has 0 saturated carbocycles. The molecule has 25 heavy (non-hydrogen) atoms. The quantitative estimate of drug-likeness (QED) is 0.927. The Morgan fingerprint density at radius 1 is 1.20 bits per heavy atom. The van der Waals surface area contributed by atoms with Crippen LogP contribution < -0.4 is 10.2 Å². The van der Waals surface area contributed by atoms with Gasteiger partial charge in [-0.1, -0.05) is 12.1 Å². The van der Waals surface area contributed by atoms with E-state index in [0.717, 1.165) is 5.82 Å². The maximum atomic E-state index is 12.7. The molecular formula is C17H19F2N5O. The smallest absolute Gasteiger partial charge is 0.321 e. The first-order chi connectivity index (χ1) is 12.0. The molecule has 6 nitrogen and oxygen atoms in total. The van der Waals surface area contributed by atoms with Gasteiger partial charge in [0.15, 0.2) is 0 Å². The van der Waals surface area contributed by atoms with Gasteiger partial charge in [0, 0.05) is 43.6 Å². The molecule has 2 amide bonds. The number of alkyl halides is 2. The number of halogens is 2. The monoisotopic (exact) mass is 347 g/mol. The molecule has 0 radical (unpaired) electrons. The van der Waals surface area contributed by atoms with Crippen LogP contribution >= 0.6 is 0 Å². The fraction of sp³-hybridized carbons (Fsp3) is 0.353. The number of nitrogens with one attached hydrogen (secondary N) is 1. The summed E-state index contributed by atoms with van der Waals surface area (Å²) >= 11 is 0. The van der Waals surface area contributed by atoms with Crippen LogP contribution in [0.25, 0.3) is 0 Å². The maximum Gasteiger partial charge on any atom is 0.321 e. The number of carbonyl (C=O) groups is 1. The van der Waals surface area contributed by atoms with Gasteiger partial charge in [-0.25, -0.2) is 23.5 Å². The molecule has 0 aliphatic carbocycles. The number of benzene rings is 1. The van der Waals surface area contributed by atoms with E-state index in [9.17, 15) is 13.6 Å². The fourth-order valence-corrected chi connectivity index (χ4v) is 2.71. The minimum Gasteiger partial charge on any atom is -0.353 e. The molecule has 0 atom stereocenters. The summed E-state index contributed by atoms with van der Waals surface area (Å²) in [5.74, 6) is 1.55. The highest BCUT2D eigenvalue weighted by molar-refractivity contribution is 5.89. The summed E-state index contributed by atoms with van der Waals surface area (Å²) in [5.41, 5.74) is 0.262. The van der Waals surface area contributed by atoms with E-state index in [4.69, 9.17) is 0 Å². The fourth-order valence-electron chi connectivity index (χ4n) is 2.71. The summed E-state index contributed by atoms with van der Waals surface area (Å²) in [5, 5.41) is 2.68. The predicted octanol–water partition coefficient (Wildman–Crippen LogP) is 3.08. The van der Waals surface area contributed by atoms with Gasteiger partial charge in [0.2, 0.25) is 0 Å². The molecule has 132 valence electrons. The van der Waals surface area contributed by atoms with Gasteiger partial charge in [-0.15, -0.1) is 0 Å². The minimum atomic E-state index is -2.56. The highest BCUT2D eigenvalue weighted by Gasteiger charge is 2.22. The largest absolute Gasteiger partial charge is 0.353 e. The van der Waals surface area contributed by atoms with E-state index in [-0.39, 0.29) is 11.6 Å². The molecule has 0 bridgehead atoms. The summed E-state index contributed by atoms with van der Waals surface area (Å²) in [7, 11) is 0. The van der Waals surface area contributed by atoms with E-state index >= 15 is 0 Å². The SMILES string of the molecule is Cc1nccc(N2CCN(C(=O)Nc3cccc(C(F)F)c3)CC2)n1. The molecule has 1 aliphatic rings. The van der Waals surface area contributed by atoms with Crippen molar-refractivity contribution in [3.05, 3.63) is 47.9 Å². The molecule has 1 aromatic heterocycles. The number of amides is 2. The van der Waals surface area contributed by atoms with Gasteiger partial charge >= 0.3 is 6.03 Å². The zero-order valence-corrected chi connectivity index (χ0v) is 13.8. The van der Waals surface area contributed by atoms with Gasteiger partial charge in [0.25, 0.3) is 6.43 Å². The summed E-state index contributed by atoms with van der Waals surface area (Å²) in [6.07, 6.45) is -0.844. The predicted molar refractivity (Wildman–Crippen MR) is 91.0 cm³/mol. The van der Waals surface area contributed by atoms with Crippen LogP contribution in [0, 0.1) is 6.92 Å². The van der Waals surface area contributed by atoms with Crippen LogP contribution in [0.1, 0.15) is 17.8 Å². The number of rotatable bonds is 3. The molecule has 1 N–H and O–H groups in total. The van der Waals surface area contributed by atoms with Crippen molar-refractivity contribution < 1.29 is 13.6 Å². The summed E-state index contributed by atoms with van der Waals surface area (Å²) < 4.78 is 25.5. The van der Waals surface area contributed by atoms with Crippen molar-refractivity contribution in [3.8, 4) is 0 Å². The van der Waals surface area contributed by atoms with Crippen LogP contribution in [0.15, 0.2) is 36.5 Å². The van der Waals surface area contributed by atoms with Crippen LogP contribution in [0.3, 0.4) is 0 Å². The third-order valence-corrected chi connectivity index (χ3v) is 4.04. The summed E-state index contributed by atoms with van der Waals surface area (Å²) in [4.78, 5) is 24.6. The standard InChI is InChI=1S/C17H19F2N5O/c1-12-20-6-5-15(21-12)23-7-9-24(10-8-23)17(25)22-14-4-2-3-13(11-14)16(18)19/h2-6,11,16H,7-10H2,1H3,(H,22,25). The lowest BCUT2D eigenvalue weighted by Crippen LogP contribution is -2.50. The van der Waals surface area contributed by atoms with Crippen molar-refractivity contribution in [2.75, 3.05) is 36.4 Å². The minimum absolute atomic E-state index is 0.109. The molecule has 3 rings (SSSR count). The average Bonchev–Trinajstić information content (AvgIpc) is 2.62. The third kappa shape index (κ3) is 4.20. The Morgan fingerprint density at radius 2 is 1.96 bits per heavy atom. The first-order valence-corrected chi connectivity index (χ1v) is 8.01. The number of aromatic nitrogens is 2. The lowest BCUT2D eigenvalue weighted by Gasteiger charge is -2.35. The van der Waals surface area contributed by atoms with Crippen LogP contribution in [-0.4, -0.2) is 47.1 Å². The van der Waals surface area contributed by atoms with E-state index in [2.05, 4.69) is 20.2 Å². The lowest BCUT2D eigenvalue weighted by atomic mass is 10.2. The van der Waals surface area contributed by atoms with Gasteiger partial charge in [-0.2, -0.15) is 0 Å². The van der Waals surface area contributed by atoms with Crippen molar-refractivity contribution in [2.24, 2.45) is 0 Å². The van der Waals surface area contributed by atoms with Gasteiger partial charge in [0.05, 0.1) is 0 Å². The van der Waals surface area contributed by atoms with Crippen molar-refractivity contribution in [2.45, 2.75) is 13.3 Å². The Labute approximate surface area is 144 Å². The van der Waals surface area contributed by atoms with E-state index in [0.29, 0.717) is 37.7 Å². The Bertz CT molecular complexity index is 747. The Kier molecular flexibility index (Phi) is 5.06. The third-order valence-electron chi connectivity index (χ3n) is 4.04. The second kappa shape index (κ2) is 7.42. The highest BCUT2D eigenvalue weighted by atomic mass is 19.3. The number of anilines is 2. The zero-order chi connectivity index (χ0) is 17.8. The number of piperazine rings is 1. The Morgan fingerprint density at radius 3 is 2.64 bits per heavy atom. The summed E-state index contributed by atoms with van der Waals surface area (Å²) in [6, 6.07) is 7.30. The summed E-state index contributed by atoms with van der Waals surface area (Å²) in [6.45, 7) is 4.20. The molecule has 1 fully saturated rings. The molecule has 0 spiro atoms. The molecule has 1 saturated heterocycles. The molecule has 1 aliphatic heterocycles. The molecular weight excluding hydrogens is 328 g/mol. The Balaban J connectivity index is 1.57. The van der Waals surface area contributed by atoms with Crippen molar-refractivity contribution in [1.82, 2.24) is 14.9 Å². The molecule has 2 aromatic rings. The number of aryl methyl sites for hydroxylation is 1. The van der Waals surface area contributed by atoms with E-state index in [1.165, 1.54) is 18.2 Å². The topological polar surface area (TPSA) is 61.4 Å². The number of hydrogen-bond donors (Lipinski definition) is 1. The van der Waals surface area contributed by atoms with Crippen LogP contribution in [0.5, 0.6) is 0 Å². The first kappa shape index (κ1) is 17.1. The molecule has 8 heteroatoms. The molecule has 2 heterocycles. The van der Waals surface area contributed by atoms with E-state index in [1.807, 2.05) is 13.0 Å². The normalized spacial score (nSPS) is 14.7. The second-order valence-corrected chi connectivity index (χ2v) is 5.79. The number of carbonyl (C=O) groups excluding carboxylic acids is 1. The first-order valence-electron chi connectivity index (χ1n) is 8.01. The van der Waals surface area contributed by atoms with Crippen molar-refractivity contribution in [3.63, 3.8) is 0 Å². The molecule has 1 aromatic carbocycles. The van der Waals surface area contributed by atoms with E-state index < -0.39 is 6.43 Å². The number of hydrogen-bond acceptors (Lipinski definition) is 4. The number of nitrogens with zero attached hydrogens (tertiary/aromatic N) is 4. The average molecular weight is 347 g/mol. The van der Waals surface area contributed by atoms with Gasteiger partial charge in [-0.05, 0) is 25.1 Å². The van der Waals surface area contributed by atoms with Gasteiger partial charge in [0.1, 0.15) is 11.6 Å². The van der Waals surface area contributed by atoms with Crippen LogP contribution in [-0.2, 0) is 0 Å². The number of urea groups is 1. The van der Waals surface area contributed by atoms with Crippen molar-refractivity contribution >= 4 is 17.5 Å². The van der Waals surface area contributed by atoms with Crippen LogP contribution in [0.4, 0.5) is 25.1 Å². The van der Waals surface area contributed by atoms with Crippen molar-refractivity contribution in [1.29, 1.82) is 0 Å².